The molecule has 7 heteroatoms. The number of fused-ring (bicyclic) bond motifs is 1. The number of likely N-dealkylation sites (tertiary alicyclic amines) is 1. The number of benzene rings is 1. The third-order valence-corrected chi connectivity index (χ3v) is 4.98. The molecule has 0 N–H and O–H groups in total. The van der Waals surface area contributed by atoms with Crippen LogP contribution in [0.5, 0.6) is 11.5 Å². The maximum Gasteiger partial charge on any atom is 0.248 e. The molecular formula is C19H25NO6. The van der Waals surface area contributed by atoms with Crippen LogP contribution in [0, 0.1) is 0 Å². The Morgan fingerprint density at radius 3 is 2.69 bits per heavy atom. The number of rotatable bonds is 6. The Balaban J connectivity index is 1.60. The van der Waals surface area contributed by atoms with Crippen molar-refractivity contribution in [3.05, 3.63) is 23.8 Å². The lowest BCUT2D eigenvalue weighted by Crippen LogP contribution is -2.52. The molecule has 0 saturated carbocycles. The second-order valence-electron chi connectivity index (χ2n) is 6.67. The number of piperidine rings is 1. The molecule has 0 bridgehead atoms. The maximum atomic E-state index is 12.5. The van der Waals surface area contributed by atoms with E-state index in [1.165, 1.54) is 0 Å². The fourth-order valence-corrected chi connectivity index (χ4v) is 3.44. The Morgan fingerprint density at radius 2 is 2.00 bits per heavy atom. The van der Waals surface area contributed by atoms with Gasteiger partial charge in [-0.1, -0.05) is 0 Å². The summed E-state index contributed by atoms with van der Waals surface area (Å²) < 4.78 is 21.6. The highest BCUT2D eigenvalue weighted by Crippen LogP contribution is 2.40. The van der Waals surface area contributed by atoms with Gasteiger partial charge in [0.05, 0.1) is 32.3 Å². The van der Waals surface area contributed by atoms with Crippen molar-refractivity contribution in [2.45, 2.75) is 24.9 Å². The number of carbonyl (C=O) groups is 2. The third kappa shape index (κ3) is 3.99. The van der Waals surface area contributed by atoms with Crippen molar-refractivity contribution in [2.75, 3.05) is 47.1 Å². The monoisotopic (exact) mass is 363 g/mol. The van der Waals surface area contributed by atoms with Crippen LogP contribution in [0.2, 0.25) is 0 Å². The van der Waals surface area contributed by atoms with E-state index in [9.17, 15) is 9.59 Å². The van der Waals surface area contributed by atoms with Crippen molar-refractivity contribution in [2.24, 2.45) is 0 Å². The van der Waals surface area contributed by atoms with Gasteiger partial charge in [0.1, 0.15) is 23.7 Å². The van der Waals surface area contributed by atoms with Gasteiger partial charge in [-0.05, 0) is 12.1 Å². The van der Waals surface area contributed by atoms with E-state index in [2.05, 4.69) is 0 Å². The first-order valence-electron chi connectivity index (χ1n) is 8.82. The van der Waals surface area contributed by atoms with E-state index in [0.717, 1.165) is 0 Å². The van der Waals surface area contributed by atoms with Gasteiger partial charge in [-0.25, -0.2) is 0 Å². The van der Waals surface area contributed by atoms with Crippen LogP contribution in [0.15, 0.2) is 18.2 Å². The smallest absolute Gasteiger partial charge is 0.248 e. The molecule has 3 rings (SSSR count). The van der Waals surface area contributed by atoms with Crippen LogP contribution in [0.4, 0.5) is 0 Å². The molecule has 26 heavy (non-hydrogen) atoms. The summed E-state index contributed by atoms with van der Waals surface area (Å²) >= 11 is 0. The predicted octanol–water partition coefficient (Wildman–Crippen LogP) is 1.68. The lowest BCUT2D eigenvalue weighted by molar-refractivity contribution is -0.140. The number of hydrogen-bond donors (Lipinski definition) is 0. The van der Waals surface area contributed by atoms with Crippen LogP contribution in [-0.2, 0) is 14.3 Å². The Morgan fingerprint density at radius 1 is 1.23 bits per heavy atom. The third-order valence-electron chi connectivity index (χ3n) is 4.98. The minimum atomic E-state index is -0.538. The second-order valence-corrected chi connectivity index (χ2v) is 6.67. The summed E-state index contributed by atoms with van der Waals surface area (Å²) in [4.78, 5) is 26.5. The van der Waals surface area contributed by atoms with E-state index in [1.807, 2.05) is 0 Å². The lowest BCUT2D eigenvalue weighted by atomic mass is 9.82. The largest absolute Gasteiger partial charge is 0.497 e. The number of carbonyl (C=O) groups excluding carboxylic acids is 2. The predicted molar refractivity (Wildman–Crippen MR) is 93.8 cm³/mol. The van der Waals surface area contributed by atoms with Crippen molar-refractivity contribution in [3.8, 4) is 11.5 Å². The quantitative estimate of drug-likeness (QED) is 0.716. The summed E-state index contributed by atoms with van der Waals surface area (Å²) in [5, 5.41) is 0. The number of nitrogens with zero attached hydrogens (tertiary/aromatic N) is 1. The average molecular weight is 363 g/mol. The van der Waals surface area contributed by atoms with Crippen LogP contribution >= 0.6 is 0 Å². The first-order valence-corrected chi connectivity index (χ1v) is 8.82. The van der Waals surface area contributed by atoms with Crippen molar-refractivity contribution in [3.63, 3.8) is 0 Å². The minimum Gasteiger partial charge on any atom is -0.497 e. The van der Waals surface area contributed by atoms with Gasteiger partial charge in [-0.3, -0.25) is 9.59 Å². The molecule has 1 fully saturated rings. The molecule has 0 atom stereocenters. The van der Waals surface area contributed by atoms with Crippen LogP contribution < -0.4 is 9.47 Å². The van der Waals surface area contributed by atoms with E-state index in [-0.39, 0.29) is 18.3 Å². The van der Waals surface area contributed by atoms with Crippen LogP contribution in [0.25, 0.3) is 0 Å². The summed E-state index contributed by atoms with van der Waals surface area (Å²) in [7, 11) is 3.18. The number of ketones is 1. The molecule has 142 valence electrons. The maximum absolute atomic E-state index is 12.5. The average Bonchev–Trinajstić information content (AvgIpc) is 2.65. The molecule has 0 aliphatic carbocycles. The highest BCUT2D eigenvalue weighted by Gasteiger charge is 2.43. The van der Waals surface area contributed by atoms with Crippen LogP contribution in [0.3, 0.4) is 0 Å². The van der Waals surface area contributed by atoms with Crippen molar-refractivity contribution < 1.29 is 28.5 Å². The minimum absolute atomic E-state index is 0.0415. The zero-order chi connectivity index (χ0) is 18.6. The SMILES string of the molecule is COCCOCC(=O)N1CCC2(CC1)CC(=O)c1ccc(OC)cc1O2. The Bertz CT molecular complexity index is 666. The molecule has 2 heterocycles. The first-order chi connectivity index (χ1) is 12.6. The van der Waals surface area contributed by atoms with Gasteiger partial charge in [-0.2, -0.15) is 0 Å². The first kappa shape index (κ1) is 18.7. The van der Waals surface area contributed by atoms with Crippen molar-refractivity contribution in [1.29, 1.82) is 0 Å². The molecule has 1 spiro atoms. The van der Waals surface area contributed by atoms with Gasteiger partial charge < -0.3 is 23.8 Å². The number of Topliss-reactive ketones (excluding diaryl/α,β-unsaturated/α-hetero) is 1. The van der Waals surface area contributed by atoms with Crippen molar-refractivity contribution in [1.82, 2.24) is 4.90 Å². The molecule has 1 aromatic rings. The standard InChI is InChI=1S/C19H25NO6/c1-23-9-10-25-13-18(22)20-7-5-19(6-8-20)12-16(21)15-4-3-14(24-2)11-17(15)26-19/h3-4,11H,5-10,12-13H2,1-2H3. The van der Waals surface area contributed by atoms with Crippen molar-refractivity contribution >= 4 is 11.7 Å². The Hall–Kier alpha value is -2.12. The van der Waals surface area contributed by atoms with Gasteiger partial charge in [-0.15, -0.1) is 0 Å². The zero-order valence-corrected chi connectivity index (χ0v) is 15.3. The summed E-state index contributed by atoms with van der Waals surface area (Å²) in [6.07, 6.45) is 1.59. The number of amides is 1. The van der Waals surface area contributed by atoms with Crippen LogP contribution in [-0.4, -0.2) is 69.3 Å². The van der Waals surface area contributed by atoms with E-state index in [4.69, 9.17) is 18.9 Å². The molecule has 2 aliphatic heterocycles. The lowest BCUT2D eigenvalue weighted by Gasteiger charge is -2.44. The van der Waals surface area contributed by atoms with Gasteiger partial charge in [0.15, 0.2) is 5.78 Å². The summed E-state index contributed by atoms with van der Waals surface area (Å²) in [6, 6.07) is 5.28. The molecule has 1 saturated heterocycles. The second kappa shape index (κ2) is 8.05. The number of methoxy groups -OCH3 is 2. The molecule has 0 aromatic heterocycles. The highest BCUT2D eigenvalue weighted by atomic mass is 16.5. The molecule has 0 unspecified atom stereocenters. The molecular weight excluding hydrogens is 338 g/mol. The number of ether oxygens (including phenoxy) is 4. The van der Waals surface area contributed by atoms with E-state index >= 15 is 0 Å². The summed E-state index contributed by atoms with van der Waals surface area (Å²) in [6.45, 7) is 2.03. The normalized spacial score (nSPS) is 18.4. The topological polar surface area (TPSA) is 74.3 Å². The van der Waals surface area contributed by atoms with E-state index < -0.39 is 5.60 Å². The fourth-order valence-electron chi connectivity index (χ4n) is 3.44. The van der Waals surface area contributed by atoms with E-state index in [0.29, 0.717) is 62.6 Å². The van der Waals surface area contributed by atoms with Gasteiger partial charge in [0, 0.05) is 39.1 Å². The Labute approximate surface area is 153 Å². The molecule has 1 amide bonds. The van der Waals surface area contributed by atoms with Gasteiger partial charge in [0.2, 0.25) is 5.91 Å². The summed E-state index contributed by atoms with van der Waals surface area (Å²) in [5.74, 6) is 1.27. The number of hydrogen-bond acceptors (Lipinski definition) is 6. The van der Waals surface area contributed by atoms with Gasteiger partial charge >= 0.3 is 0 Å². The fraction of sp³-hybridized carbons (Fsp3) is 0.579. The van der Waals surface area contributed by atoms with Crippen LogP contribution in [0.1, 0.15) is 29.6 Å². The van der Waals surface area contributed by atoms with Gasteiger partial charge in [0.25, 0.3) is 0 Å². The zero-order valence-electron chi connectivity index (χ0n) is 15.3. The molecule has 1 aromatic carbocycles. The summed E-state index contributed by atoms with van der Waals surface area (Å²) in [5.41, 5.74) is 0.0610. The van der Waals surface area contributed by atoms with E-state index in [1.54, 1.807) is 37.3 Å². The molecule has 2 aliphatic rings. The molecule has 7 nitrogen and oxygen atoms in total. The molecule has 0 radical (unpaired) electrons. The highest BCUT2D eigenvalue weighted by molar-refractivity contribution is 6.00. The Kier molecular flexibility index (Phi) is 5.78.